The molecule has 7 heteroatoms. The minimum Gasteiger partial charge on any atom is -0.497 e. The molecule has 6 nitrogen and oxygen atoms in total. The summed E-state index contributed by atoms with van der Waals surface area (Å²) in [7, 11) is 1.59. The first kappa shape index (κ1) is 21.8. The van der Waals surface area contributed by atoms with Crippen LogP contribution in [0.15, 0.2) is 84.0 Å². The van der Waals surface area contributed by atoms with Gasteiger partial charge in [-0.1, -0.05) is 23.7 Å². The average molecular weight is 435 g/mol. The second-order valence-electron chi connectivity index (χ2n) is 6.30. The number of hydrogen-bond donors (Lipinski definition) is 1. The summed E-state index contributed by atoms with van der Waals surface area (Å²) >= 11 is 5.80. The standard InChI is InChI=1S/C24H19ClN2O4/c1-30-21-11-2-17(3-12-21)6-15-23(28)31-22-13-4-18(5-14-22)16-26-27-24(29)19-7-9-20(25)10-8-19/h2-16H,1H3,(H,27,29)/b15-6+,26-16+. The molecule has 0 atom stereocenters. The van der Waals surface area contributed by atoms with E-state index in [2.05, 4.69) is 10.5 Å². The van der Waals surface area contributed by atoms with Crippen molar-refractivity contribution in [3.8, 4) is 11.5 Å². The zero-order valence-corrected chi connectivity index (χ0v) is 17.4. The Hall–Kier alpha value is -3.90. The molecule has 0 radical (unpaired) electrons. The van der Waals surface area contributed by atoms with E-state index in [0.717, 1.165) is 16.9 Å². The maximum Gasteiger partial charge on any atom is 0.336 e. The van der Waals surface area contributed by atoms with Crippen LogP contribution < -0.4 is 14.9 Å². The SMILES string of the molecule is COc1ccc(/C=C/C(=O)Oc2ccc(/C=N/NC(=O)c3ccc(Cl)cc3)cc2)cc1. The molecule has 0 saturated carbocycles. The molecule has 0 fully saturated rings. The van der Waals surface area contributed by atoms with E-state index in [1.54, 1.807) is 61.7 Å². The van der Waals surface area contributed by atoms with Gasteiger partial charge in [0.15, 0.2) is 0 Å². The monoisotopic (exact) mass is 434 g/mol. The highest BCUT2D eigenvalue weighted by atomic mass is 35.5. The van der Waals surface area contributed by atoms with Gasteiger partial charge in [0, 0.05) is 16.7 Å². The van der Waals surface area contributed by atoms with Crippen molar-refractivity contribution in [1.29, 1.82) is 0 Å². The second kappa shape index (κ2) is 10.8. The number of ether oxygens (including phenoxy) is 2. The first-order chi connectivity index (χ1) is 15.0. The summed E-state index contributed by atoms with van der Waals surface area (Å²) in [5.74, 6) is 0.300. The van der Waals surface area contributed by atoms with Gasteiger partial charge in [-0.2, -0.15) is 5.10 Å². The van der Waals surface area contributed by atoms with Gasteiger partial charge in [0.2, 0.25) is 0 Å². The van der Waals surface area contributed by atoms with Gasteiger partial charge in [0.1, 0.15) is 11.5 Å². The van der Waals surface area contributed by atoms with Crippen molar-refractivity contribution in [2.75, 3.05) is 7.11 Å². The van der Waals surface area contributed by atoms with Crippen molar-refractivity contribution in [3.63, 3.8) is 0 Å². The molecule has 156 valence electrons. The molecule has 3 aromatic carbocycles. The lowest BCUT2D eigenvalue weighted by Gasteiger charge is -2.02. The molecule has 0 spiro atoms. The van der Waals surface area contributed by atoms with Gasteiger partial charge in [0.25, 0.3) is 5.91 Å². The number of rotatable bonds is 7. The lowest BCUT2D eigenvalue weighted by molar-refractivity contribution is -0.128. The number of nitrogens with zero attached hydrogens (tertiary/aromatic N) is 1. The molecule has 0 bridgehead atoms. The number of benzene rings is 3. The Morgan fingerprint density at radius 2 is 1.48 bits per heavy atom. The molecular formula is C24H19ClN2O4. The molecule has 0 aliphatic carbocycles. The first-order valence-corrected chi connectivity index (χ1v) is 9.64. The molecule has 3 rings (SSSR count). The number of nitrogens with one attached hydrogen (secondary N) is 1. The van der Waals surface area contributed by atoms with Crippen molar-refractivity contribution in [3.05, 3.63) is 101 Å². The number of esters is 1. The van der Waals surface area contributed by atoms with Crippen LogP contribution in [0.3, 0.4) is 0 Å². The molecule has 0 unspecified atom stereocenters. The van der Waals surface area contributed by atoms with Crippen LogP contribution in [0.1, 0.15) is 21.5 Å². The van der Waals surface area contributed by atoms with Gasteiger partial charge in [0.05, 0.1) is 13.3 Å². The van der Waals surface area contributed by atoms with Crippen LogP contribution in [0.25, 0.3) is 6.08 Å². The highest BCUT2D eigenvalue weighted by Crippen LogP contribution is 2.14. The molecule has 0 saturated heterocycles. The van der Waals surface area contributed by atoms with Crippen LogP contribution in [0.5, 0.6) is 11.5 Å². The van der Waals surface area contributed by atoms with Crippen LogP contribution in [-0.4, -0.2) is 25.2 Å². The number of carbonyl (C=O) groups excluding carboxylic acids is 2. The van der Waals surface area contributed by atoms with Crippen LogP contribution in [-0.2, 0) is 4.79 Å². The third-order valence-corrected chi connectivity index (χ3v) is 4.36. The average Bonchev–Trinajstić information content (AvgIpc) is 2.79. The molecule has 3 aromatic rings. The highest BCUT2D eigenvalue weighted by Gasteiger charge is 2.04. The van der Waals surface area contributed by atoms with E-state index in [0.29, 0.717) is 16.3 Å². The molecule has 0 aromatic heterocycles. The van der Waals surface area contributed by atoms with E-state index in [9.17, 15) is 9.59 Å². The molecule has 0 aliphatic heterocycles. The van der Waals surface area contributed by atoms with E-state index in [1.165, 1.54) is 12.3 Å². The van der Waals surface area contributed by atoms with Crippen molar-refractivity contribution < 1.29 is 19.1 Å². The van der Waals surface area contributed by atoms with Crippen LogP contribution in [0.2, 0.25) is 5.02 Å². The quantitative estimate of drug-likeness (QED) is 0.192. The summed E-state index contributed by atoms with van der Waals surface area (Å²) in [4.78, 5) is 24.0. The summed E-state index contributed by atoms with van der Waals surface area (Å²) in [6.45, 7) is 0. The fraction of sp³-hybridized carbons (Fsp3) is 0.0417. The summed E-state index contributed by atoms with van der Waals surface area (Å²) in [5, 5.41) is 4.47. The predicted octanol–water partition coefficient (Wildman–Crippen LogP) is 4.73. The third kappa shape index (κ3) is 6.83. The Morgan fingerprint density at radius 3 is 2.13 bits per heavy atom. The van der Waals surface area contributed by atoms with Gasteiger partial charge in [-0.3, -0.25) is 4.79 Å². The topological polar surface area (TPSA) is 77.0 Å². The Balaban J connectivity index is 1.50. The van der Waals surface area contributed by atoms with Crippen LogP contribution >= 0.6 is 11.6 Å². The zero-order chi connectivity index (χ0) is 22.1. The van der Waals surface area contributed by atoms with E-state index >= 15 is 0 Å². The molecule has 1 N–H and O–H groups in total. The number of carbonyl (C=O) groups is 2. The molecular weight excluding hydrogens is 416 g/mol. The van der Waals surface area contributed by atoms with Crippen molar-refractivity contribution in [1.82, 2.24) is 5.43 Å². The van der Waals surface area contributed by atoms with Gasteiger partial charge >= 0.3 is 5.97 Å². The minimum absolute atomic E-state index is 0.345. The lowest BCUT2D eigenvalue weighted by atomic mass is 10.2. The third-order valence-electron chi connectivity index (χ3n) is 4.11. The molecule has 31 heavy (non-hydrogen) atoms. The Labute approximate surface area is 184 Å². The zero-order valence-electron chi connectivity index (χ0n) is 16.6. The summed E-state index contributed by atoms with van der Waals surface area (Å²) in [5.41, 5.74) is 4.47. The summed E-state index contributed by atoms with van der Waals surface area (Å²) in [6, 6.07) is 20.5. The van der Waals surface area contributed by atoms with Gasteiger partial charge in [-0.05, 0) is 77.9 Å². The predicted molar refractivity (Wildman–Crippen MR) is 121 cm³/mol. The van der Waals surface area contributed by atoms with Gasteiger partial charge in [-0.15, -0.1) is 0 Å². The Kier molecular flexibility index (Phi) is 7.56. The van der Waals surface area contributed by atoms with Crippen LogP contribution in [0.4, 0.5) is 0 Å². The lowest BCUT2D eigenvalue weighted by Crippen LogP contribution is -2.17. The summed E-state index contributed by atoms with van der Waals surface area (Å²) < 4.78 is 10.4. The molecule has 1 amide bonds. The number of hydrazone groups is 1. The first-order valence-electron chi connectivity index (χ1n) is 9.26. The number of hydrogen-bond acceptors (Lipinski definition) is 5. The normalized spacial score (nSPS) is 10.9. The van der Waals surface area contributed by atoms with E-state index in [4.69, 9.17) is 21.1 Å². The fourth-order valence-electron chi connectivity index (χ4n) is 2.48. The smallest absolute Gasteiger partial charge is 0.336 e. The molecule has 0 aliphatic rings. The largest absolute Gasteiger partial charge is 0.497 e. The van der Waals surface area contributed by atoms with Gasteiger partial charge < -0.3 is 9.47 Å². The molecule has 0 heterocycles. The highest BCUT2D eigenvalue weighted by molar-refractivity contribution is 6.30. The van der Waals surface area contributed by atoms with Crippen molar-refractivity contribution >= 4 is 35.8 Å². The minimum atomic E-state index is -0.493. The van der Waals surface area contributed by atoms with Crippen molar-refractivity contribution in [2.24, 2.45) is 5.10 Å². The fourth-order valence-corrected chi connectivity index (χ4v) is 2.61. The van der Waals surface area contributed by atoms with Crippen LogP contribution in [0, 0.1) is 0 Å². The number of halogens is 1. The Bertz CT molecular complexity index is 1090. The second-order valence-corrected chi connectivity index (χ2v) is 6.74. The van der Waals surface area contributed by atoms with E-state index in [1.807, 2.05) is 24.3 Å². The van der Waals surface area contributed by atoms with E-state index < -0.39 is 5.97 Å². The maximum absolute atomic E-state index is 12.0. The van der Waals surface area contributed by atoms with Gasteiger partial charge in [-0.25, -0.2) is 10.2 Å². The number of methoxy groups -OCH3 is 1. The van der Waals surface area contributed by atoms with Crippen molar-refractivity contribution in [2.45, 2.75) is 0 Å². The maximum atomic E-state index is 12.0. The summed E-state index contributed by atoms with van der Waals surface area (Å²) in [6.07, 6.45) is 4.50. The van der Waals surface area contributed by atoms with E-state index in [-0.39, 0.29) is 5.91 Å². The Morgan fingerprint density at radius 1 is 0.871 bits per heavy atom. The number of amides is 1.